The zero-order chi connectivity index (χ0) is 25.1. The highest BCUT2D eigenvalue weighted by Crippen LogP contribution is 2.28. The summed E-state index contributed by atoms with van der Waals surface area (Å²) in [5.74, 6) is 1.93. The average Bonchev–Trinajstić information content (AvgIpc) is 3.35. The lowest BCUT2D eigenvalue weighted by Gasteiger charge is -2.26. The SMILES string of the molecule is C=C(C)N.Cc1nc2ccc(-c3ccn4nc(NC5CCC(C)CC5)ncc34)nc2n1CC(F)F. The summed E-state index contributed by atoms with van der Waals surface area (Å²) in [5, 5.41) is 8.06. The second-order valence-corrected chi connectivity index (χ2v) is 9.29. The first-order valence-corrected chi connectivity index (χ1v) is 11.9. The van der Waals surface area contributed by atoms with Crippen LogP contribution in [-0.2, 0) is 6.54 Å². The molecule has 4 aromatic heterocycles. The van der Waals surface area contributed by atoms with Gasteiger partial charge in [0.25, 0.3) is 6.43 Å². The van der Waals surface area contributed by atoms with E-state index in [1.807, 2.05) is 24.4 Å². The summed E-state index contributed by atoms with van der Waals surface area (Å²) >= 11 is 0. The minimum Gasteiger partial charge on any atom is -0.403 e. The van der Waals surface area contributed by atoms with Crippen molar-refractivity contribution in [2.45, 2.75) is 65.5 Å². The van der Waals surface area contributed by atoms with Crippen LogP contribution < -0.4 is 11.1 Å². The van der Waals surface area contributed by atoms with Gasteiger partial charge in [0.2, 0.25) is 5.95 Å². The molecule has 1 aliphatic rings. The maximum atomic E-state index is 13.0. The molecule has 1 aliphatic carbocycles. The molecule has 0 saturated heterocycles. The van der Waals surface area contributed by atoms with Gasteiger partial charge in [0.15, 0.2) is 5.65 Å². The van der Waals surface area contributed by atoms with E-state index in [4.69, 9.17) is 5.73 Å². The van der Waals surface area contributed by atoms with Crippen molar-refractivity contribution in [3.8, 4) is 11.3 Å². The van der Waals surface area contributed by atoms with E-state index in [1.54, 1.807) is 24.6 Å². The molecular formula is C25H32F2N8. The lowest BCUT2D eigenvalue weighted by molar-refractivity contribution is 0.127. The number of aryl methyl sites for hydroxylation is 1. The van der Waals surface area contributed by atoms with Crippen LogP contribution >= 0.6 is 0 Å². The number of nitrogens with two attached hydrogens (primary N) is 1. The number of halogens is 2. The number of hydrogen-bond donors (Lipinski definition) is 2. The Kier molecular flexibility index (Phi) is 7.28. The number of rotatable bonds is 5. The van der Waals surface area contributed by atoms with Crippen molar-refractivity contribution < 1.29 is 8.78 Å². The van der Waals surface area contributed by atoms with Crippen LogP contribution in [-0.4, -0.2) is 41.6 Å². The van der Waals surface area contributed by atoms with E-state index in [1.165, 1.54) is 17.4 Å². The molecule has 0 spiro atoms. The second-order valence-electron chi connectivity index (χ2n) is 9.29. The van der Waals surface area contributed by atoms with Crippen molar-refractivity contribution >= 4 is 22.6 Å². The lowest BCUT2D eigenvalue weighted by Crippen LogP contribution is -2.26. The number of nitrogens with one attached hydrogen (secondary N) is 1. The van der Waals surface area contributed by atoms with Crippen LogP contribution in [0.2, 0.25) is 0 Å². The maximum absolute atomic E-state index is 13.0. The van der Waals surface area contributed by atoms with E-state index in [9.17, 15) is 8.78 Å². The smallest absolute Gasteiger partial charge is 0.256 e. The lowest BCUT2D eigenvalue weighted by atomic mass is 9.87. The molecule has 8 nitrogen and oxygen atoms in total. The molecule has 0 aliphatic heterocycles. The van der Waals surface area contributed by atoms with Gasteiger partial charge >= 0.3 is 0 Å². The minimum atomic E-state index is -2.47. The monoisotopic (exact) mass is 482 g/mol. The van der Waals surface area contributed by atoms with Crippen molar-refractivity contribution in [3.05, 3.63) is 48.7 Å². The van der Waals surface area contributed by atoms with Crippen molar-refractivity contribution in [3.63, 3.8) is 0 Å². The van der Waals surface area contributed by atoms with Crippen LogP contribution in [0.5, 0.6) is 0 Å². The number of nitrogens with zero attached hydrogens (tertiary/aromatic N) is 6. The molecule has 0 radical (unpaired) electrons. The van der Waals surface area contributed by atoms with Gasteiger partial charge in [-0.1, -0.05) is 13.5 Å². The number of imidazole rings is 1. The molecule has 0 aromatic carbocycles. The van der Waals surface area contributed by atoms with Gasteiger partial charge in [0.05, 0.1) is 24.0 Å². The van der Waals surface area contributed by atoms with E-state index >= 15 is 0 Å². The molecule has 186 valence electrons. The highest BCUT2D eigenvalue weighted by molar-refractivity contribution is 5.82. The van der Waals surface area contributed by atoms with E-state index < -0.39 is 13.0 Å². The summed E-state index contributed by atoms with van der Waals surface area (Å²) in [6, 6.07) is 6.00. The minimum absolute atomic E-state index is 0.408. The first kappa shape index (κ1) is 24.6. The van der Waals surface area contributed by atoms with Crippen LogP contribution in [0, 0.1) is 12.8 Å². The Bertz CT molecular complexity index is 1310. The van der Waals surface area contributed by atoms with Gasteiger partial charge in [0, 0.05) is 17.8 Å². The first-order chi connectivity index (χ1) is 16.7. The van der Waals surface area contributed by atoms with Crippen LogP contribution in [0.15, 0.2) is 42.9 Å². The molecule has 0 amide bonds. The van der Waals surface area contributed by atoms with Gasteiger partial charge in [-0.3, -0.25) is 0 Å². The van der Waals surface area contributed by atoms with Crippen molar-refractivity contribution in [2.24, 2.45) is 11.7 Å². The molecule has 4 aromatic rings. The Labute approximate surface area is 203 Å². The van der Waals surface area contributed by atoms with E-state index in [0.717, 1.165) is 29.8 Å². The third-order valence-corrected chi connectivity index (χ3v) is 6.15. The third kappa shape index (κ3) is 5.75. The summed E-state index contributed by atoms with van der Waals surface area (Å²) in [7, 11) is 0. The highest BCUT2D eigenvalue weighted by Gasteiger charge is 2.19. The number of anilines is 1. The van der Waals surface area contributed by atoms with Gasteiger partial charge in [-0.25, -0.2) is 28.2 Å². The van der Waals surface area contributed by atoms with Crippen LogP contribution in [0.1, 0.15) is 45.4 Å². The van der Waals surface area contributed by atoms with E-state index in [0.29, 0.717) is 40.4 Å². The molecule has 0 atom stereocenters. The number of fused-ring (bicyclic) bond motifs is 2. The van der Waals surface area contributed by atoms with E-state index in [-0.39, 0.29) is 0 Å². The topological polar surface area (TPSA) is 98.9 Å². The molecule has 3 N–H and O–H groups in total. The van der Waals surface area contributed by atoms with Crippen molar-refractivity contribution in [1.29, 1.82) is 0 Å². The fourth-order valence-electron chi connectivity index (χ4n) is 4.39. The van der Waals surface area contributed by atoms with Gasteiger partial charge in [-0.05, 0) is 69.3 Å². The molecule has 35 heavy (non-hydrogen) atoms. The molecule has 0 unspecified atom stereocenters. The molecule has 4 heterocycles. The molecule has 0 bridgehead atoms. The molecule has 5 rings (SSSR count). The van der Waals surface area contributed by atoms with Crippen molar-refractivity contribution in [1.82, 2.24) is 29.1 Å². The fraction of sp³-hybridized carbons (Fsp3) is 0.440. The normalized spacial score (nSPS) is 18.0. The fourth-order valence-corrected chi connectivity index (χ4v) is 4.39. The molecule has 10 heteroatoms. The van der Waals surface area contributed by atoms with Gasteiger partial charge in [-0.15, -0.1) is 5.10 Å². The molecule has 1 saturated carbocycles. The van der Waals surface area contributed by atoms with Gasteiger partial charge in [-0.2, -0.15) is 0 Å². The number of aromatic nitrogens is 6. The van der Waals surface area contributed by atoms with Crippen LogP contribution in [0.3, 0.4) is 0 Å². The van der Waals surface area contributed by atoms with Gasteiger partial charge in [0.1, 0.15) is 11.3 Å². The zero-order valence-corrected chi connectivity index (χ0v) is 20.4. The number of pyridine rings is 1. The largest absolute Gasteiger partial charge is 0.403 e. The summed E-state index contributed by atoms with van der Waals surface area (Å²) in [6.45, 7) is 8.67. The standard InChI is InChI=1S/C22H25F2N7.C3H7N/c1-13-3-5-15(6-4-13)27-22-25-11-19-16(9-10-31(19)29-22)17-7-8-18-21(28-17)30(12-20(23)24)14(2)26-18;1-3(2)4/h7-11,13,15,20H,3-6,12H2,1-2H3,(H,27,29);1,4H2,2H3. The number of allylic oxidation sites excluding steroid dienone is 1. The molecule has 1 fully saturated rings. The summed E-state index contributed by atoms with van der Waals surface area (Å²) in [4.78, 5) is 13.5. The first-order valence-electron chi connectivity index (χ1n) is 11.9. The average molecular weight is 483 g/mol. The Balaban J connectivity index is 0.000000672. The van der Waals surface area contributed by atoms with Crippen LogP contribution in [0.4, 0.5) is 14.7 Å². The molecular weight excluding hydrogens is 450 g/mol. The highest BCUT2D eigenvalue weighted by atomic mass is 19.3. The Morgan fingerprint density at radius 3 is 2.60 bits per heavy atom. The summed E-state index contributed by atoms with van der Waals surface area (Å²) in [5.41, 5.74) is 8.99. The predicted octanol–water partition coefficient (Wildman–Crippen LogP) is 5.18. The van der Waals surface area contributed by atoms with Crippen molar-refractivity contribution in [2.75, 3.05) is 5.32 Å². The Morgan fingerprint density at radius 1 is 1.20 bits per heavy atom. The quantitative estimate of drug-likeness (QED) is 0.406. The number of alkyl halides is 2. The van der Waals surface area contributed by atoms with Gasteiger partial charge < -0.3 is 15.6 Å². The maximum Gasteiger partial charge on any atom is 0.256 e. The number of hydrogen-bond acceptors (Lipinski definition) is 6. The summed E-state index contributed by atoms with van der Waals surface area (Å²) < 4.78 is 29.3. The van der Waals surface area contributed by atoms with E-state index in [2.05, 4.69) is 38.9 Å². The predicted molar refractivity (Wildman–Crippen MR) is 134 cm³/mol. The Hall–Kier alpha value is -3.56. The zero-order valence-electron chi connectivity index (χ0n) is 20.4. The second kappa shape index (κ2) is 10.4. The summed E-state index contributed by atoms with van der Waals surface area (Å²) in [6.07, 6.45) is 5.90. The third-order valence-electron chi connectivity index (χ3n) is 6.15. The Morgan fingerprint density at radius 2 is 1.91 bits per heavy atom. The van der Waals surface area contributed by atoms with Crippen LogP contribution in [0.25, 0.3) is 27.9 Å².